The van der Waals surface area contributed by atoms with Crippen molar-refractivity contribution in [3.63, 3.8) is 0 Å². The van der Waals surface area contributed by atoms with Gasteiger partial charge in [0.05, 0.1) is 11.7 Å². The fourth-order valence-electron chi connectivity index (χ4n) is 3.16. The first kappa shape index (κ1) is 17.3. The number of urea groups is 1. The Bertz CT molecular complexity index is 716. The SMILES string of the molecule is CN(C)c1ccc(CNC(=O)N2CCCC(n3cccn3)C2)cc1F. The molecule has 0 radical (unpaired) electrons. The Kier molecular flexibility index (Phi) is 5.21. The third kappa shape index (κ3) is 4.10. The van der Waals surface area contributed by atoms with E-state index in [1.54, 1.807) is 36.2 Å². The smallest absolute Gasteiger partial charge is 0.317 e. The number of carbonyl (C=O) groups is 1. The molecule has 7 heteroatoms. The highest BCUT2D eigenvalue weighted by molar-refractivity contribution is 5.74. The van der Waals surface area contributed by atoms with Gasteiger partial charge >= 0.3 is 6.03 Å². The van der Waals surface area contributed by atoms with E-state index in [0.29, 0.717) is 18.8 Å². The minimum Gasteiger partial charge on any atom is -0.375 e. The lowest BCUT2D eigenvalue weighted by Crippen LogP contribution is -2.45. The molecule has 1 unspecified atom stereocenters. The molecule has 0 bridgehead atoms. The Hall–Kier alpha value is -2.57. The number of carbonyl (C=O) groups excluding carboxylic acids is 1. The lowest BCUT2D eigenvalue weighted by atomic mass is 10.1. The highest BCUT2D eigenvalue weighted by Crippen LogP contribution is 2.21. The van der Waals surface area contributed by atoms with Gasteiger partial charge in [0.2, 0.25) is 0 Å². The van der Waals surface area contributed by atoms with Crippen molar-refractivity contribution < 1.29 is 9.18 Å². The van der Waals surface area contributed by atoms with Gasteiger partial charge in [-0.05, 0) is 36.6 Å². The monoisotopic (exact) mass is 345 g/mol. The summed E-state index contributed by atoms with van der Waals surface area (Å²) >= 11 is 0. The van der Waals surface area contributed by atoms with Crippen LogP contribution in [-0.2, 0) is 6.54 Å². The summed E-state index contributed by atoms with van der Waals surface area (Å²) in [5, 5.41) is 7.16. The zero-order valence-electron chi connectivity index (χ0n) is 14.7. The van der Waals surface area contributed by atoms with E-state index in [1.165, 1.54) is 6.07 Å². The molecule has 1 atom stereocenters. The lowest BCUT2D eigenvalue weighted by molar-refractivity contribution is 0.163. The molecule has 25 heavy (non-hydrogen) atoms. The van der Waals surface area contributed by atoms with Crippen LogP contribution in [0.25, 0.3) is 0 Å². The molecule has 2 heterocycles. The van der Waals surface area contributed by atoms with Crippen molar-refractivity contribution >= 4 is 11.7 Å². The first-order chi connectivity index (χ1) is 12.0. The molecule has 0 spiro atoms. The number of benzene rings is 1. The van der Waals surface area contributed by atoms with Crippen molar-refractivity contribution in [1.29, 1.82) is 0 Å². The maximum absolute atomic E-state index is 14.0. The van der Waals surface area contributed by atoms with Crippen LogP contribution >= 0.6 is 0 Å². The molecule has 1 aliphatic rings. The molecule has 1 N–H and O–H groups in total. The van der Waals surface area contributed by atoms with Gasteiger partial charge in [-0.25, -0.2) is 9.18 Å². The van der Waals surface area contributed by atoms with Crippen LogP contribution in [0, 0.1) is 5.82 Å². The van der Waals surface area contributed by atoms with Crippen LogP contribution in [0.3, 0.4) is 0 Å². The summed E-state index contributed by atoms with van der Waals surface area (Å²) in [6, 6.07) is 7.02. The normalized spacial score (nSPS) is 17.4. The molecule has 0 aliphatic carbocycles. The van der Waals surface area contributed by atoms with E-state index < -0.39 is 0 Å². The van der Waals surface area contributed by atoms with Crippen LogP contribution in [0.4, 0.5) is 14.9 Å². The lowest BCUT2D eigenvalue weighted by Gasteiger charge is -2.32. The van der Waals surface area contributed by atoms with E-state index in [9.17, 15) is 9.18 Å². The summed E-state index contributed by atoms with van der Waals surface area (Å²) in [6.07, 6.45) is 5.65. The van der Waals surface area contributed by atoms with Crippen molar-refractivity contribution in [2.24, 2.45) is 0 Å². The number of anilines is 1. The van der Waals surface area contributed by atoms with Gasteiger partial charge in [-0.1, -0.05) is 6.07 Å². The number of nitrogens with zero attached hydrogens (tertiary/aromatic N) is 4. The first-order valence-corrected chi connectivity index (χ1v) is 8.52. The maximum atomic E-state index is 14.0. The Labute approximate surface area is 147 Å². The molecule has 6 nitrogen and oxygen atoms in total. The molecule has 1 saturated heterocycles. The molecule has 1 aromatic carbocycles. The van der Waals surface area contributed by atoms with Gasteiger partial charge in [0, 0.05) is 46.1 Å². The van der Waals surface area contributed by atoms with Crippen LogP contribution < -0.4 is 10.2 Å². The Balaban J connectivity index is 1.56. The number of likely N-dealkylation sites (tertiary alicyclic amines) is 1. The summed E-state index contributed by atoms with van der Waals surface area (Å²) < 4.78 is 15.9. The number of aromatic nitrogens is 2. The third-order valence-electron chi connectivity index (χ3n) is 4.52. The zero-order valence-corrected chi connectivity index (χ0v) is 14.7. The van der Waals surface area contributed by atoms with Crippen LogP contribution in [0.15, 0.2) is 36.7 Å². The molecular weight excluding hydrogens is 321 g/mol. The van der Waals surface area contributed by atoms with E-state index in [-0.39, 0.29) is 17.9 Å². The van der Waals surface area contributed by atoms with Crippen molar-refractivity contribution in [3.05, 3.63) is 48.0 Å². The van der Waals surface area contributed by atoms with Crippen molar-refractivity contribution in [1.82, 2.24) is 20.0 Å². The van der Waals surface area contributed by atoms with Crippen molar-refractivity contribution in [2.45, 2.75) is 25.4 Å². The number of rotatable bonds is 4. The van der Waals surface area contributed by atoms with E-state index in [2.05, 4.69) is 10.4 Å². The van der Waals surface area contributed by atoms with Gasteiger partial charge in [0.15, 0.2) is 0 Å². The van der Waals surface area contributed by atoms with E-state index >= 15 is 0 Å². The van der Waals surface area contributed by atoms with Gasteiger partial charge in [-0.15, -0.1) is 0 Å². The first-order valence-electron chi connectivity index (χ1n) is 8.52. The van der Waals surface area contributed by atoms with Crippen LogP contribution in [-0.4, -0.2) is 47.9 Å². The van der Waals surface area contributed by atoms with Gasteiger partial charge in [0.1, 0.15) is 5.82 Å². The van der Waals surface area contributed by atoms with Gasteiger partial charge in [0.25, 0.3) is 0 Å². The Morgan fingerprint density at radius 1 is 1.44 bits per heavy atom. The quantitative estimate of drug-likeness (QED) is 0.927. The van der Waals surface area contributed by atoms with Crippen LogP contribution in [0.2, 0.25) is 0 Å². The summed E-state index contributed by atoms with van der Waals surface area (Å²) in [4.78, 5) is 16.0. The number of halogens is 1. The zero-order chi connectivity index (χ0) is 17.8. The highest BCUT2D eigenvalue weighted by Gasteiger charge is 2.24. The summed E-state index contributed by atoms with van der Waals surface area (Å²) in [6.45, 7) is 1.69. The standard InChI is InChI=1S/C18H24FN5O/c1-22(2)17-7-6-14(11-16(17)19)12-20-18(25)23-9-3-5-15(13-23)24-10-4-8-21-24/h4,6-8,10-11,15H,3,5,9,12-13H2,1-2H3,(H,20,25). The van der Waals surface area contributed by atoms with Crippen molar-refractivity contribution in [2.75, 3.05) is 32.1 Å². The molecule has 3 rings (SSSR count). The summed E-state index contributed by atoms with van der Waals surface area (Å²) in [7, 11) is 3.60. The summed E-state index contributed by atoms with van der Waals surface area (Å²) in [5.41, 5.74) is 1.28. The fraction of sp³-hybridized carbons (Fsp3) is 0.444. The van der Waals surface area contributed by atoms with Crippen LogP contribution in [0.5, 0.6) is 0 Å². The molecule has 2 amide bonds. The van der Waals surface area contributed by atoms with Gasteiger partial charge < -0.3 is 15.1 Å². The second-order valence-electron chi connectivity index (χ2n) is 6.57. The molecular formula is C18H24FN5O. The Morgan fingerprint density at radius 3 is 2.96 bits per heavy atom. The highest BCUT2D eigenvalue weighted by atomic mass is 19.1. The van der Waals surface area contributed by atoms with E-state index in [1.807, 2.05) is 23.0 Å². The molecule has 134 valence electrons. The predicted molar refractivity (Wildman–Crippen MR) is 95.0 cm³/mol. The number of amides is 2. The fourth-order valence-corrected chi connectivity index (χ4v) is 3.16. The molecule has 0 saturated carbocycles. The number of hydrogen-bond acceptors (Lipinski definition) is 3. The van der Waals surface area contributed by atoms with Gasteiger partial charge in [-0.2, -0.15) is 5.10 Å². The number of piperidine rings is 1. The largest absolute Gasteiger partial charge is 0.375 e. The number of hydrogen-bond donors (Lipinski definition) is 1. The average Bonchev–Trinajstić information content (AvgIpc) is 3.14. The average molecular weight is 345 g/mol. The van der Waals surface area contributed by atoms with E-state index in [4.69, 9.17) is 0 Å². The second kappa shape index (κ2) is 7.55. The molecule has 1 aromatic heterocycles. The maximum Gasteiger partial charge on any atom is 0.317 e. The molecule has 1 fully saturated rings. The van der Waals surface area contributed by atoms with E-state index in [0.717, 1.165) is 24.9 Å². The van der Waals surface area contributed by atoms with Gasteiger partial charge in [-0.3, -0.25) is 4.68 Å². The van der Waals surface area contributed by atoms with Crippen LogP contribution in [0.1, 0.15) is 24.4 Å². The topological polar surface area (TPSA) is 53.4 Å². The third-order valence-corrected chi connectivity index (χ3v) is 4.52. The Morgan fingerprint density at radius 2 is 2.28 bits per heavy atom. The molecule has 1 aliphatic heterocycles. The summed E-state index contributed by atoms with van der Waals surface area (Å²) in [5.74, 6) is -0.284. The minimum absolute atomic E-state index is 0.117. The second-order valence-corrected chi connectivity index (χ2v) is 6.57. The number of nitrogens with one attached hydrogen (secondary N) is 1. The van der Waals surface area contributed by atoms with Crippen molar-refractivity contribution in [3.8, 4) is 0 Å². The minimum atomic E-state index is -0.284. The molecule has 2 aromatic rings. The predicted octanol–water partition coefficient (Wildman–Crippen LogP) is 2.63.